The molecule has 0 spiro atoms. The second-order valence-electron chi connectivity index (χ2n) is 15.5. The van der Waals surface area contributed by atoms with E-state index in [0.717, 1.165) is 51.4 Å². The van der Waals surface area contributed by atoms with Crippen molar-refractivity contribution < 1.29 is 23.4 Å². The van der Waals surface area contributed by atoms with Crippen molar-refractivity contribution in [1.82, 2.24) is 0 Å². The third-order valence-corrected chi connectivity index (χ3v) is 15.3. The molecular formula is C35H52O5S. The molecule has 3 saturated carbocycles. The van der Waals surface area contributed by atoms with Gasteiger partial charge in [0.15, 0.2) is 9.84 Å². The molecule has 4 aliphatic carbocycles. The Kier molecular flexibility index (Phi) is 7.61. The van der Waals surface area contributed by atoms with E-state index in [1.165, 1.54) is 12.0 Å². The second-order valence-corrected chi connectivity index (χ2v) is 17.7. The summed E-state index contributed by atoms with van der Waals surface area (Å²) in [5.74, 6) is 2.10. The number of ether oxygens (including phenoxy) is 1. The molecule has 0 amide bonds. The Labute approximate surface area is 248 Å². The fourth-order valence-electron chi connectivity index (χ4n) is 10.7. The molecule has 1 aromatic carbocycles. The Bertz CT molecular complexity index is 1250. The van der Waals surface area contributed by atoms with Crippen molar-refractivity contribution in [3.05, 3.63) is 42.0 Å². The average molecular weight is 585 g/mol. The molecule has 6 heteroatoms. The SMILES string of the molecule is C[C@H](C(CC1(O)CCCOC1)S(=O)(=O)c1ccccc1)[C@H]1CC[C@H]2[C@@H]3CC=C4C[C@@](C)(O)CC[C@]4(C)[C@H]3CC[C@]12C. The van der Waals surface area contributed by atoms with Gasteiger partial charge < -0.3 is 14.9 Å². The largest absolute Gasteiger partial charge is 0.390 e. The van der Waals surface area contributed by atoms with Gasteiger partial charge in [0.1, 0.15) is 0 Å². The Balaban J connectivity index is 1.30. The van der Waals surface area contributed by atoms with Crippen LogP contribution in [0.1, 0.15) is 98.3 Å². The fourth-order valence-corrected chi connectivity index (χ4v) is 12.9. The van der Waals surface area contributed by atoms with Crippen LogP contribution in [0.15, 0.2) is 46.9 Å². The molecule has 6 rings (SSSR count). The van der Waals surface area contributed by atoms with E-state index >= 15 is 0 Å². The first kappa shape index (κ1) is 29.8. The predicted octanol–water partition coefficient (Wildman–Crippen LogP) is 6.73. The van der Waals surface area contributed by atoms with Gasteiger partial charge in [0, 0.05) is 6.61 Å². The van der Waals surface area contributed by atoms with Gasteiger partial charge in [-0.2, -0.15) is 0 Å². The number of sulfone groups is 1. The van der Waals surface area contributed by atoms with Crippen molar-refractivity contribution in [2.45, 2.75) is 120 Å². The van der Waals surface area contributed by atoms with Gasteiger partial charge in [0.2, 0.25) is 0 Å². The van der Waals surface area contributed by atoms with E-state index in [0.29, 0.717) is 41.6 Å². The molecule has 1 heterocycles. The molecule has 0 aromatic heterocycles. The summed E-state index contributed by atoms with van der Waals surface area (Å²) in [5, 5.41) is 21.7. The summed E-state index contributed by atoms with van der Waals surface area (Å²) in [6.45, 7) is 9.96. The summed E-state index contributed by atoms with van der Waals surface area (Å²) in [5.41, 5.74) is 0.0791. The first-order valence-electron chi connectivity index (χ1n) is 16.3. The molecule has 2 unspecified atom stereocenters. The molecule has 1 aliphatic heterocycles. The molecule has 41 heavy (non-hydrogen) atoms. The van der Waals surface area contributed by atoms with Gasteiger partial charge in [-0.15, -0.1) is 0 Å². The minimum Gasteiger partial charge on any atom is -0.390 e. The lowest BCUT2D eigenvalue weighted by Gasteiger charge is -2.59. The van der Waals surface area contributed by atoms with E-state index in [-0.39, 0.29) is 29.8 Å². The lowest BCUT2D eigenvalue weighted by atomic mass is 9.46. The number of fused-ring (bicyclic) bond motifs is 5. The average Bonchev–Trinajstić information content (AvgIpc) is 3.30. The molecule has 10 atom stereocenters. The topological polar surface area (TPSA) is 83.8 Å². The van der Waals surface area contributed by atoms with Crippen LogP contribution in [0.3, 0.4) is 0 Å². The number of benzene rings is 1. The first-order valence-corrected chi connectivity index (χ1v) is 17.8. The Morgan fingerprint density at radius 3 is 2.44 bits per heavy atom. The van der Waals surface area contributed by atoms with Crippen molar-refractivity contribution in [2.75, 3.05) is 13.2 Å². The summed E-state index contributed by atoms with van der Waals surface area (Å²) >= 11 is 0. The summed E-state index contributed by atoms with van der Waals surface area (Å²) in [4.78, 5) is 0.367. The minimum absolute atomic E-state index is 0.0623. The lowest BCUT2D eigenvalue weighted by molar-refractivity contribution is -0.0953. The molecule has 228 valence electrons. The van der Waals surface area contributed by atoms with E-state index < -0.39 is 26.3 Å². The number of hydrogen-bond donors (Lipinski definition) is 2. The Morgan fingerprint density at radius 1 is 0.976 bits per heavy atom. The van der Waals surface area contributed by atoms with Crippen LogP contribution >= 0.6 is 0 Å². The molecule has 4 fully saturated rings. The molecule has 1 aromatic rings. The molecule has 2 N–H and O–H groups in total. The van der Waals surface area contributed by atoms with E-state index in [2.05, 4.69) is 26.8 Å². The van der Waals surface area contributed by atoms with Crippen molar-refractivity contribution in [1.29, 1.82) is 0 Å². The highest BCUT2D eigenvalue weighted by molar-refractivity contribution is 7.92. The zero-order valence-corrected chi connectivity index (χ0v) is 26.5. The lowest BCUT2D eigenvalue weighted by Crippen LogP contribution is -2.53. The normalized spacial score (nSPS) is 44.2. The predicted molar refractivity (Wildman–Crippen MR) is 162 cm³/mol. The van der Waals surface area contributed by atoms with Gasteiger partial charge in [-0.3, -0.25) is 0 Å². The van der Waals surface area contributed by atoms with Crippen LogP contribution in [-0.4, -0.2) is 48.3 Å². The highest BCUT2D eigenvalue weighted by Crippen LogP contribution is 2.68. The Morgan fingerprint density at radius 2 is 1.73 bits per heavy atom. The van der Waals surface area contributed by atoms with E-state index in [1.54, 1.807) is 24.3 Å². The monoisotopic (exact) mass is 584 g/mol. The molecule has 0 radical (unpaired) electrons. The van der Waals surface area contributed by atoms with E-state index in [1.807, 2.05) is 13.0 Å². The summed E-state index contributed by atoms with van der Waals surface area (Å²) in [6, 6.07) is 8.90. The Hall–Kier alpha value is -1.21. The van der Waals surface area contributed by atoms with Gasteiger partial charge in [0.05, 0.1) is 28.0 Å². The van der Waals surface area contributed by atoms with Crippen LogP contribution in [0, 0.1) is 40.4 Å². The van der Waals surface area contributed by atoms with Crippen LogP contribution in [-0.2, 0) is 14.6 Å². The standard InChI is InChI=1S/C35H52O5S/c1-24(31(22-35(37)16-8-20-40-23-35)41(38,39)26-9-6-5-7-10-26)28-13-14-29-27-12-11-25-21-32(2,36)18-19-33(25,3)30(27)15-17-34(28,29)4/h5-7,9-11,24,27-31,36-37H,8,12-23H2,1-4H3/t24-,27-,28+,29-,30-,31?,32-,33-,34+,35?/m0/s1. The van der Waals surface area contributed by atoms with Gasteiger partial charge >= 0.3 is 0 Å². The van der Waals surface area contributed by atoms with Crippen molar-refractivity contribution in [3.8, 4) is 0 Å². The van der Waals surface area contributed by atoms with Crippen LogP contribution in [0.4, 0.5) is 0 Å². The summed E-state index contributed by atoms with van der Waals surface area (Å²) < 4.78 is 34.3. The van der Waals surface area contributed by atoms with E-state index in [9.17, 15) is 18.6 Å². The van der Waals surface area contributed by atoms with Crippen LogP contribution in [0.5, 0.6) is 0 Å². The highest BCUT2D eigenvalue weighted by atomic mass is 32.2. The third kappa shape index (κ3) is 5.07. The highest BCUT2D eigenvalue weighted by Gasteiger charge is 2.61. The molecule has 1 saturated heterocycles. The third-order valence-electron chi connectivity index (χ3n) is 13.0. The van der Waals surface area contributed by atoms with Crippen molar-refractivity contribution in [2.24, 2.45) is 40.4 Å². The molecular weight excluding hydrogens is 532 g/mol. The second kappa shape index (κ2) is 10.5. The molecule has 5 aliphatic rings. The molecule has 0 bridgehead atoms. The maximum atomic E-state index is 14.3. The van der Waals surface area contributed by atoms with Gasteiger partial charge in [-0.1, -0.05) is 50.6 Å². The van der Waals surface area contributed by atoms with E-state index in [4.69, 9.17) is 4.74 Å². The zero-order valence-electron chi connectivity index (χ0n) is 25.6. The summed E-state index contributed by atoms with van der Waals surface area (Å²) in [6.07, 6.45) is 12.5. The zero-order chi connectivity index (χ0) is 29.3. The maximum absolute atomic E-state index is 14.3. The number of aliphatic hydroxyl groups is 2. The van der Waals surface area contributed by atoms with Gasteiger partial charge in [-0.25, -0.2) is 8.42 Å². The number of allylic oxidation sites excluding steroid dienone is 1. The summed E-state index contributed by atoms with van der Waals surface area (Å²) in [7, 11) is -3.65. The maximum Gasteiger partial charge on any atom is 0.181 e. The van der Waals surface area contributed by atoms with Crippen molar-refractivity contribution >= 4 is 9.84 Å². The van der Waals surface area contributed by atoms with Gasteiger partial charge in [-0.05, 0) is 130 Å². The fraction of sp³-hybridized carbons (Fsp3) is 0.771. The molecule has 5 nitrogen and oxygen atoms in total. The number of hydrogen-bond acceptors (Lipinski definition) is 5. The number of rotatable bonds is 6. The van der Waals surface area contributed by atoms with Crippen LogP contribution < -0.4 is 0 Å². The smallest absolute Gasteiger partial charge is 0.181 e. The minimum atomic E-state index is -3.65. The van der Waals surface area contributed by atoms with Crippen LogP contribution in [0.25, 0.3) is 0 Å². The van der Waals surface area contributed by atoms with Crippen molar-refractivity contribution in [3.63, 3.8) is 0 Å². The quantitative estimate of drug-likeness (QED) is 0.363. The van der Waals surface area contributed by atoms with Gasteiger partial charge in [0.25, 0.3) is 0 Å². The first-order chi connectivity index (χ1) is 19.3. The van der Waals surface area contributed by atoms with Crippen LogP contribution in [0.2, 0.25) is 0 Å².